The summed E-state index contributed by atoms with van der Waals surface area (Å²) in [6.07, 6.45) is 6.50. The molecule has 1 aromatic carbocycles. The van der Waals surface area contributed by atoms with Crippen molar-refractivity contribution in [2.75, 3.05) is 32.8 Å². The molecule has 7 nitrogen and oxygen atoms in total. The van der Waals surface area contributed by atoms with Crippen molar-refractivity contribution < 1.29 is 14.3 Å². The van der Waals surface area contributed by atoms with E-state index in [4.69, 9.17) is 4.74 Å². The van der Waals surface area contributed by atoms with E-state index in [-0.39, 0.29) is 17.4 Å². The highest BCUT2D eigenvalue weighted by atomic mass is 16.5. The standard InChI is InChI=1S/C21H26N4O3/c26-19(15-2-1-3-15)24-8-6-21(7-9-24)13-25(10-11-28-21)20(27)16-4-5-17-18(12-16)23-14-22-17/h4-5,12,14-15H,1-3,6-11,13H2,(H,22,23). The van der Waals surface area contributed by atoms with Gasteiger partial charge in [0.15, 0.2) is 0 Å². The van der Waals surface area contributed by atoms with Gasteiger partial charge in [-0.25, -0.2) is 4.98 Å². The van der Waals surface area contributed by atoms with Crippen LogP contribution in [0.2, 0.25) is 0 Å². The lowest BCUT2D eigenvalue weighted by Crippen LogP contribution is -2.59. The maximum Gasteiger partial charge on any atom is 0.254 e. The van der Waals surface area contributed by atoms with Crippen LogP contribution in [0.25, 0.3) is 11.0 Å². The van der Waals surface area contributed by atoms with Gasteiger partial charge in [-0.15, -0.1) is 0 Å². The van der Waals surface area contributed by atoms with Crippen LogP contribution >= 0.6 is 0 Å². The Kier molecular flexibility index (Phi) is 4.34. The van der Waals surface area contributed by atoms with Gasteiger partial charge in [-0.05, 0) is 43.9 Å². The molecule has 2 aromatic rings. The van der Waals surface area contributed by atoms with Crippen molar-refractivity contribution in [3.8, 4) is 0 Å². The summed E-state index contributed by atoms with van der Waals surface area (Å²) in [7, 11) is 0. The summed E-state index contributed by atoms with van der Waals surface area (Å²) in [5, 5.41) is 0. The average Bonchev–Trinajstić information content (AvgIpc) is 3.14. The number of likely N-dealkylation sites (tertiary alicyclic amines) is 1. The highest BCUT2D eigenvalue weighted by Crippen LogP contribution is 2.34. The van der Waals surface area contributed by atoms with E-state index in [1.165, 1.54) is 6.42 Å². The number of ether oxygens (including phenoxy) is 1. The van der Waals surface area contributed by atoms with Crippen molar-refractivity contribution in [2.45, 2.75) is 37.7 Å². The van der Waals surface area contributed by atoms with Crippen LogP contribution in [0.5, 0.6) is 0 Å². The molecule has 28 heavy (non-hydrogen) atoms. The number of aromatic nitrogens is 2. The Hall–Kier alpha value is -2.41. The Morgan fingerprint density at radius 1 is 1.14 bits per heavy atom. The first-order valence-electron chi connectivity index (χ1n) is 10.3. The minimum atomic E-state index is -0.317. The fourth-order valence-corrected chi connectivity index (χ4v) is 4.62. The second kappa shape index (κ2) is 6.88. The first-order chi connectivity index (χ1) is 13.6. The summed E-state index contributed by atoms with van der Waals surface area (Å²) in [5.74, 6) is 0.599. The number of amides is 2. The summed E-state index contributed by atoms with van der Waals surface area (Å²) in [6, 6.07) is 5.58. The summed E-state index contributed by atoms with van der Waals surface area (Å²) < 4.78 is 6.16. The van der Waals surface area contributed by atoms with Crippen molar-refractivity contribution in [3.05, 3.63) is 30.1 Å². The maximum atomic E-state index is 13.1. The number of carbonyl (C=O) groups excluding carboxylic acids is 2. The number of nitrogens with one attached hydrogen (secondary N) is 1. The van der Waals surface area contributed by atoms with Crippen molar-refractivity contribution in [1.29, 1.82) is 0 Å². The van der Waals surface area contributed by atoms with Crippen LogP contribution in [0.15, 0.2) is 24.5 Å². The van der Waals surface area contributed by atoms with Gasteiger partial charge in [0.2, 0.25) is 5.91 Å². The van der Waals surface area contributed by atoms with E-state index in [1.54, 1.807) is 6.33 Å². The molecule has 1 spiro atoms. The Morgan fingerprint density at radius 3 is 2.71 bits per heavy atom. The van der Waals surface area contributed by atoms with Crippen LogP contribution in [0, 0.1) is 5.92 Å². The predicted molar refractivity (Wildman–Crippen MR) is 104 cm³/mol. The highest BCUT2D eigenvalue weighted by molar-refractivity contribution is 5.97. The number of morpholine rings is 1. The predicted octanol–water partition coefficient (Wildman–Crippen LogP) is 2.20. The fourth-order valence-electron chi connectivity index (χ4n) is 4.62. The molecule has 1 saturated carbocycles. The molecule has 2 saturated heterocycles. The number of imidazole rings is 1. The Bertz CT molecular complexity index is 896. The molecule has 5 rings (SSSR count). The van der Waals surface area contributed by atoms with Crippen LogP contribution in [-0.4, -0.2) is 70.0 Å². The number of benzene rings is 1. The van der Waals surface area contributed by atoms with E-state index in [0.717, 1.165) is 49.8 Å². The van der Waals surface area contributed by atoms with E-state index in [1.807, 2.05) is 28.0 Å². The molecule has 0 radical (unpaired) electrons. The molecule has 3 aliphatic rings. The molecule has 1 N–H and O–H groups in total. The van der Waals surface area contributed by atoms with Gasteiger partial charge in [0.1, 0.15) is 0 Å². The lowest BCUT2D eigenvalue weighted by Gasteiger charge is -2.48. The van der Waals surface area contributed by atoms with Crippen molar-refractivity contribution in [3.63, 3.8) is 0 Å². The first-order valence-corrected chi connectivity index (χ1v) is 10.3. The van der Waals surface area contributed by atoms with Crippen LogP contribution in [0.3, 0.4) is 0 Å². The monoisotopic (exact) mass is 382 g/mol. The number of rotatable bonds is 2. The van der Waals surface area contributed by atoms with Crippen LogP contribution in [-0.2, 0) is 9.53 Å². The molecule has 1 aromatic heterocycles. The van der Waals surface area contributed by atoms with E-state index < -0.39 is 0 Å². The molecule has 2 amide bonds. The first kappa shape index (κ1) is 17.7. The molecule has 1 aliphatic carbocycles. The van der Waals surface area contributed by atoms with Gasteiger partial charge in [-0.1, -0.05) is 6.42 Å². The smallest absolute Gasteiger partial charge is 0.254 e. The molecule has 0 atom stereocenters. The zero-order valence-corrected chi connectivity index (χ0v) is 16.0. The Balaban J connectivity index is 1.25. The van der Waals surface area contributed by atoms with Crippen molar-refractivity contribution in [1.82, 2.24) is 19.8 Å². The van der Waals surface area contributed by atoms with Gasteiger partial charge >= 0.3 is 0 Å². The normalized spacial score (nSPS) is 22.4. The van der Waals surface area contributed by atoms with Gasteiger partial charge in [0.25, 0.3) is 5.91 Å². The lowest BCUT2D eigenvalue weighted by molar-refractivity contribution is -0.152. The second-order valence-corrected chi connectivity index (χ2v) is 8.35. The van der Waals surface area contributed by atoms with Crippen molar-refractivity contribution in [2.24, 2.45) is 5.92 Å². The largest absolute Gasteiger partial charge is 0.371 e. The number of nitrogens with zero attached hydrogens (tertiary/aromatic N) is 3. The minimum absolute atomic E-state index is 0.0344. The Morgan fingerprint density at radius 2 is 1.96 bits per heavy atom. The third kappa shape index (κ3) is 3.07. The van der Waals surface area contributed by atoms with Gasteiger partial charge in [-0.3, -0.25) is 9.59 Å². The number of carbonyl (C=O) groups is 2. The van der Waals surface area contributed by atoms with Gasteiger partial charge in [0.05, 0.1) is 36.1 Å². The van der Waals surface area contributed by atoms with Crippen LogP contribution < -0.4 is 0 Å². The molecule has 2 aliphatic heterocycles. The zero-order chi connectivity index (χ0) is 19.1. The van der Waals surface area contributed by atoms with Crippen LogP contribution in [0.4, 0.5) is 0 Å². The summed E-state index contributed by atoms with van der Waals surface area (Å²) >= 11 is 0. The number of H-pyrrole nitrogens is 1. The van der Waals surface area contributed by atoms with E-state index in [2.05, 4.69) is 9.97 Å². The molecule has 3 fully saturated rings. The summed E-state index contributed by atoms with van der Waals surface area (Å²) in [4.78, 5) is 36.8. The number of hydrogen-bond acceptors (Lipinski definition) is 4. The van der Waals surface area contributed by atoms with Crippen LogP contribution in [0.1, 0.15) is 42.5 Å². The molecule has 148 valence electrons. The molecule has 7 heteroatoms. The quantitative estimate of drug-likeness (QED) is 0.864. The average molecular weight is 382 g/mol. The lowest BCUT2D eigenvalue weighted by atomic mass is 9.82. The summed E-state index contributed by atoms with van der Waals surface area (Å²) in [5.41, 5.74) is 2.09. The SMILES string of the molecule is O=C(c1ccc2nc[nH]c2c1)N1CCOC2(CCN(C(=O)C3CCC3)CC2)C1. The number of aromatic amines is 1. The molecule has 3 heterocycles. The second-order valence-electron chi connectivity index (χ2n) is 8.35. The number of fused-ring (bicyclic) bond motifs is 1. The molecular weight excluding hydrogens is 356 g/mol. The maximum absolute atomic E-state index is 13.1. The highest BCUT2D eigenvalue weighted by Gasteiger charge is 2.43. The third-order valence-electron chi connectivity index (χ3n) is 6.64. The molecular formula is C21H26N4O3. The topological polar surface area (TPSA) is 78.5 Å². The van der Waals surface area contributed by atoms with Crippen molar-refractivity contribution >= 4 is 22.8 Å². The van der Waals surface area contributed by atoms with Gasteiger partial charge < -0.3 is 19.5 Å². The zero-order valence-electron chi connectivity index (χ0n) is 16.0. The third-order valence-corrected chi connectivity index (χ3v) is 6.64. The summed E-state index contributed by atoms with van der Waals surface area (Å²) in [6.45, 7) is 3.22. The Labute approximate surface area is 164 Å². The number of hydrogen-bond donors (Lipinski definition) is 1. The fraction of sp³-hybridized carbons (Fsp3) is 0.571. The molecule has 0 bridgehead atoms. The van der Waals surface area contributed by atoms with Gasteiger partial charge in [-0.2, -0.15) is 0 Å². The van der Waals surface area contributed by atoms with E-state index in [0.29, 0.717) is 31.2 Å². The van der Waals surface area contributed by atoms with E-state index >= 15 is 0 Å². The molecule has 0 unspecified atom stereocenters. The number of piperidine rings is 1. The van der Waals surface area contributed by atoms with E-state index in [9.17, 15) is 9.59 Å². The minimum Gasteiger partial charge on any atom is -0.371 e. The van der Waals surface area contributed by atoms with Gasteiger partial charge in [0, 0.05) is 31.1 Å².